The predicted molar refractivity (Wildman–Crippen MR) is 138 cm³/mol. The van der Waals surface area contributed by atoms with E-state index >= 15 is 0 Å². The van der Waals surface area contributed by atoms with Gasteiger partial charge in [-0.05, 0) is 66.4 Å². The van der Waals surface area contributed by atoms with Crippen LogP contribution in [0.2, 0.25) is 10.0 Å². The number of imide groups is 1. The van der Waals surface area contributed by atoms with Crippen LogP contribution in [-0.4, -0.2) is 24.5 Å². The number of piperidine rings is 1. The number of carbonyl (C=O) groups is 3. The van der Waals surface area contributed by atoms with E-state index in [1.807, 2.05) is 0 Å². The van der Waals surface area contributed by atoms with Gasteiger partial charge in [0, 0.05) is 22.4 Å². The highest BCUT2D eigenvalue weighted by Gasteiger charge is 2.65. The summed E-state index contributed by atoms with van der Waals surface area (Å²) in [6.07, 6.45) is -0.917. The third-order valence-corrected chi connectivity index (χ3v) is 7.70. The number of amides is 3. The maximum atomic E-state index is 14.8. The fourth-order valence-corrected chi connectivity index (χ4v) is 6.04. The average Bonchev–Trinajstić information content (AvgIpc) is 3.10. The van der Waals surface area contributed by atoms with Crippen LogP contribution in [0.15, 0.2) is 60.7 Å². The van der Waals surface area contributed by atoms with Gasteiger partial charge in [0.25, 0.3) is 0 Å². The molecule has 2 aliphatic heterocycles. The summed E-state index contributed by atoms with van der Waals surface area (Å²) in [5.74, 6) is -2.13. The molecule has 190 valence electrons. The molecule has 2 heterocycles. The maximum absolute atomic E-state index is 14.8. The Kier molecular flexibility index (Phi) is 6.46. The Hall–Kier alpha value is -3.42. The molecule has 5 rings (SSSR count). The summed E-state index contributed by atoms with van der Waals surface area (Å²) in [4.78, 5) is 41.9. The van der Waals surface area contributed by atoms with Crippen molar-refractivity contribution in [3.63, 3.8) is 0 Å². The Bertz CT molecular complexity index is 1450. The van der Waals surface area contributed by atoms with E-state index in [9.17, 15) is 18.8 Å². The second kappa shape index (κ2) is 9.47. The number of halogens is 3. The number of nitrogens with one attached hydrogen (secondary N) is 1. The van der Waals surface area contributed by atoms with Crippen LogP contribution < -0.4 is 10.2 Å². The molecular formula is C28H23Cl2FN2O4. The molecule has 3 aromatic rings. The van der Waals surface area contributed by atoms with Crippen molar-refractivity contribution in [2.24, 2.45) is 0 Å². The van der Waals surface area contributed by atoms with E-state index in [-0.39, 0.29) is 30.2 Å². The van der Waals surface area contributed by atoms with Gasteiger partial charge in [0.1, 0.15) is 11.2 Å². The van der Waals surface area contributed by atoms with Crippen molar-refractivity contribution < 1.29 is 23.5 Å². The summed E-state index contributed by atoms with van der Waals surface area (Å²) in [7, 11) is 0. The van der Waals surface area contributed by atoms with Crippen LogP contribution in [0.4, 0.5) is 14.9 Å². The first-order valence-electron chi connectivity index (χ1n) is 11.8. The number of anilines is 1. The van der Waals surface area contributed by atoms with Gasteiger partial charge in [0.15, 0.2) is 0 Å². The Balaban J connectivity index is 1.87. The van der Waals surface area contributed by atoms with Crippen molar-refractivity contribution in [2.45, 2.75) is 37.6 Å². The Morgan fingerprint density at radius 1 is 1.11 bits per heavy atom. The predicted octanol–water partition coefficient (Wildman–Crippen LogP) is 6.23. The molecule has 3 atom stereocenters. The second-order valence-corrected chi connectivity index (χ2v) is 10.0. The van der Waals surface area contributed by atoms with Crippen molar-refractivity contribution in [2.75, 3.05) is 11.5 Å². The first-order valence-corrected chi connectivity index (χ1v) is 12.6. The highest BCUT2D eigenvalue weighted by molar-refractivity contribution is 6.32. The highest BCUT2D eigenvalue weighted by Crippen LogP contribution is 2.59. The summed E-state index contributed by atoms with van der Waals surface area (Å²) < 4.78 is 20.1. The monoisotopic (exact) mass is 540 g/mol. The maximum Gasteiger partial charge on any atom is 0.421 e. The highest BCUT2D eigenvalue weighted by atomic mass is 35.5. The number of nitrogens with zero attached hydrogens (tertiary/aromatic N) is 1. The molecule has 1 saturated heterocycles. The molecule has 6 nitrogen and oxygen atoms in total. The summed E-state index contributed by atoms with van der Waals surface area (Å²) >= 11 is 12.7. The lowest BCUT2D eigenvalue weighted by molar-refractivity contribution is -0.132. The lowest BCUT2D eigenvalue weighted by Crippen LogP contribution is -2.59. The van der Waals surface area contributed by atoms with Crippen LogP contribution >= 0.6 is 23.2 Å². The summed E-state index contributed by atoms with van der Waals surface area (Å²) in [6.45, 7) is 3.28. The van der Waals surface area contributed by atoms with E-state index in [0.717, 1.165) is 4.90 Å². The molecule has 9 heteroatoms. The minimum atomic E-state index is -1.52. The van der Waals surface area contributed by atoms with E-state index < -0.39 is 35.2 Å². The van der Waals surface area contributed by atoms with E-state index in [4.69, 9.17) is 27.9 Å². The van der Waals surface area contributed by atoms with Gasteiger partial charge in [-0.1, -0.05) is 53.5 Å². The number of benzene rings is 3. The lowest BCUT2D eigenvalue weighted by Gasteiger charge is -2.47. The third kappa shape index (κ3) is 3.88. The molecule has 1 N–H and O–H groups in total. The first-order chi connectivity index (χ1) is 17.7. The zero-order chi connectivity index (χ0) is 26.5. The Morgan fingerprint density at radius 3 is 2.57 bits per heavy atom. The SMILES string of the molecule is CCOC(=O)N1C(=O)C2(c3ccc(Cl)cc31)C(c1cccc(Cl)c1)CC(=O)NC2c1cccc(F)c1C. The van der Waals surface area contributed by atoms with Gasteiger partial charge in [0.05, 0.1) is 18.3 Å². The minimum absolute atomic E-state index is 0.0480. The molecule has 3 aromatic carbocycles. The van der Waals surface area contributed by atoms with Gasteiger partial charge in [-0.2, -0.15) is 0 Å². The Labute approximate surface area is 223 Å². The fraction of sp³-hybridized carbons (Fsp3) is 0.250. The summed E-state index contributed by atoms with van der Waals surface area (Å²) in [6, 6.07) is 15.3. The van der Waals surface area contributed by atoms with Gasteiger partial charge >= 0.3 is 6.09 Å². The Morgan fingerprint density at radius 2 is 1.84 bits per heavy atom. The van der Waals surface area contributed by atoms with E-state index in [0.29, 0.717) is 26.7 Å². The molecule has 1 spiro atoms. The third-order valence-electron chi connectivity index (χ3n) is 7.23. The topological polar surface area (TPSA) is 75.7 Å². The van der Waals surface area contributed by atoms with Gasteiger partial charge in [-0.25, -0.2) is 14.1 Å². The van der Waals surface area contributed by atoms with Crippen LogP contribution in [-0.2, 0) is 19.7 Å². The second-order valence-electron chi connectivity index (χ2n) is 9.14. The summed E-state index contributed by atoms with van der Waals surface area (Å²) in [5, 5.41) is 3.70. The zero-order valence-corrected chi connectivity index (χ0v) is 21.6. The van der Waals surface area contributed by atoms with Crippen molar-refractivity contribution in [1.29, 1.82) is 0 Å². The normalized spacial score (nSPS) is 22.7. The molecular weight excluding hydrogens is 518 g/mol. The molecule has 3 amide bonds. The smallest absolute Gasteiger partial charge is 0.421 e. The van der Waals surface area contributed by atoms with Gasteiger partial charge in [-0.15, -0.1) is 0 Å². The molecule has 37 heavy (non-hydrogen) atoms. The minimum Gasteiger partial charge on any atom is -0.449 e. The fourth-order valence-electron chi connectivity index (χ4n) is 5.68. The number of rotatable bonds is 3. The van der Waals surface area contributed by atoms with Gasteiger partial charge < -0.3 is 10.1 Å². The van der Waals surface area contributed by atoms with Crippen LogP contribution in [0.25, 0.3) is 0 Å². The van der Waals surface area contributed by atoms with Gasteiger partial charge in [-0.3, -0.25) is 9.59 Å². The molecule has 3 unspecified atom stereocenters. The van der Waals surface area contributed by atoms with Crippen LogP contribution in [0.5, 0.6) is 0 Å². The first kappa shape index (κ1) is 25.2. The van der Waals surface area contributed by atoms with Crippen LogP contribution in [0, 0.1) is 12.7 Å². The summed E-state index contributed by atoms with van der Waals surface area (Å²) in [5.41, 5.74) is 0.578. The number of carbonyl (C=O) groups excluding carboxylic acids is 3. The quantitative estimate of drug-likeness (QED) is 0.427. The standard InChI is InChI=1S/C28H23Cl2FN2O4/c1-3-37-27(36)33-23-13-18(30)10-11-20(23)28(26(33)35)21(16-6-4-7-17(29)12-16)14-24(34)32-25(28)19-8-5-9-22(31)15(19)2/h4-13,21,25H,3,14H2,1-2H3,(H,32,34). The largest absolute Gasteiger partial charge is 0.449 e. The number of hydrogen-bond acceptors (Lipinski definition) is 4. The van der Waals surface area contributed by atoms with Gasteiger partial charge in [0.2, 0.25) is 11.8 Å². The van der Waals surface area contributed by atoms with Crippen molar-refractivity contribution in [1.82, 2.24) is 5.32 Å². The zero-order valence-electron chi connectivity index (χ0n) is 20.1. The number of fused-ring (bicyclic) bond motifs is 2. The van der Waals surface area contributed by atoms with Crippen LogP contribution in [0.1, 0.15) is 47.6 Å². The number of hydrogen-bond donors (Lipinski definition) is 1. The van der Waals surface area contributed by atoms with Crippen molar-refractivity contribution >= 4 is 46.8 Å². The van der Waals surface area contributed by atoms with Crippen LogP contribution in [0.3, 0.4) is 0 Å². The molecule has 2 aliphatic rings. The molecule has 1 fully saturated rings. The van der Waals surface area contributed by atoms with Crippen molar-refractivity contribution in [3.8, 4) is 0 Å². The molecule has 0 aromatic heterocycles. The molecule has 0 aliphatic carbocycles. The van der Waals surface area contributed by atoms with E-state index in [1.54, 1.807) is 56.3 Å². The molecule has 0 saturated carbocycles. The average molecular weight is 541 g/mol. The van der Waals surface area contributed by atoms with E-state index in [1.165, 1.54) is 18.2 Å². The lowest BCUT2D eigenvalue weighted by atomic mass is 9.59. The van der Waals surface area contributed by atoms with Crippen molar-refractivity contribution in [3.05, 3.63) is 98.8 Å². The van der Waals surface area contributed by atoms with E-state index in [2.05, 4.69) is 5.32 Å². The molecule has 0 radical (unpaired) electrons. The molecule has 0 bridgehead atoms. The number of ether oxygens (including phenoxy) is 1.